The van der Waals surface area contributed by atoms with Crippen LogP contribution in [-0.4, -0.2) is 38.8 Å². The van der Waals surface area contributed by atoms with Crippen LogP contribution in [0, 0.1) is 5.82 Å². The molecule has 0 spiro atoms. The van der Waals surface area contributed by atoms with Gasteiger partial charge in [-0.3, -0.25) is 4.57 Å². The van der Waals surface area contributed by atoms with Gasteiger partial charge in [0.25, 0.3) is 0 Å². The maximum Gasteiger partial charge on any atom is 0.225 e. The minimum Gasteiger partial charge on any atom is -0.379 e. The molecule has 136 valence electrons. The lowest BCUT2D eigenvalue weighted by Gasteiger charge is -2.10. The zero-order valence-corrected chi connectivity index (χ0v) is 15.3. The van der Waals surface area contributed by atoms with Crippen LogP contribution in [-0.2, 0) is 11.8 Å². The van der Waals surface area contributed by atoms with Crippen LogP contribution in [0.3, 0.4) is 0 Å². The number of nitrogens with zero attached hydrogens (tertiary/aromatic N) is 4. The fourth-order valence-electron chi connectivity index (χ4n) is 2.77. The highest BCUT2D eigenvalue weighted by Crippen LogP contribution is 2.32. The first-order chi connectivity index (χ1) is 12.5. The molecule has 0 radical (unpaired) electrons. The molecule has 1 aromatic carbocycles. The van der Waals surface area contributed by atoms with Crippen LogP contribution in [0.1, 0.15) is 6.42 Å². The Morgan fingerprint density at radius 2 is 2.15 bits per heavy atom. The van der Waals surface area contributed by atoms with Crippen molar-refractivity contribution in [2.24, 2.45) is 7.05 Å². The van der Waals surface area contributed by atoms with Gasteiger partial charge in [-0.2, -0.15) is 4.98 Å². The minimum atomic E-state index is -0.566. The smallest absolute Gasteiger partial charge is 0.225 e. The largest absolute Gasteiger partial charge is 0.379 e. The molecular formula is C16H15Cl2FN6O. The first kappa shape index (κ1) is 17.3. The quantitative estimate of drug-likeness (QED) is 0.698. The van der Waals surface area contributed by atoms with Crippen molar-refractivity contribution in [2.75, 3.05) is 23.8 Å². The van der Waals surface area contributed by atoms with Crippen molar-refractivity contribution in [3.8, 4) is 0 Å². The van der Waals surface area contributed by atoms with Gasteiger partial charge in [0, 0.05) is 18.7 Å². The summed E-state index contributed by atoms with van der Waals surface area (Å²) in [5.41, 5.74) is 1.28. The molecule has 7 nitrogen and oxygen atoms in total. The average molecular weight is 397 g/mol. The first-order valence-electron chi connectivity index (χ1n) is 7.96. The Morgan fingerprint density at radius 1 is 1.31 bits per heavy atom. The third kappa shape index (κ3) is 3.27. The lowest BCUT2D eigenvalue weighted by molar-refractivity contribution is 0.195. The summed E-state index contributed by atoms with van der Waals surface area (Å²) in [5.74, 6) is 0.321. The van der Waals surface area contributed by atoms with E-state index >= 15 is 0 Å². The molecule has 1 aliphatic rings. The van der Waals surface area contributed by atoms with E-state index in [0.29, 0.717) is 29.7 Å². The summed E-state index contributed by atoms with van der Waals surface area (Å²) in [6.07, 6.45) is 2.53. The van der Waals surface area contributed by atoms with Gasteiger partial charge in [-0.15, -0.1) is 0 Å². The van der Waals surface area contributed by atoms with Gasteiger partial charge in [0.05, 0.1) is 29.6 Å². The summed E-state index contributed by atoms with van der Waals surface area (Å²) in [4.78, 5) is 13.2. The maximum absolute atomic E-state index is 14.2. The van der Waals surface area contributed by atoms with Crippen LogP contribution in [0.5, 0.6) is 0 Å². The third-order valence-electron chi connectivity index (χ3n) is 4.12. The Labute approximate surface area is 158 Å². The van der Waals surface area contributed by atoms with Gasteiger partial charge in [0.1, 0.15) is 11.3 Å². The second-order valence-corrected chi connectivity index (χ2v) is 6.81. The molecule has 0 unspecified atom stereocenters. The normalized spacial score (nSPS) is 17.0. The van der Waals surface area contributed by atoms with Crippen molar-refractivity contribution in [3.63, 3.8) is 0 Å². The number of rotatable bonds is 4. The summed E-state index contributed by atoms with van der Waals surface area (Å²) >= 11 is 11.9. The lowest BCUT2D eigenvalue weighted by Crippen LogP contribution is -2.20. The predicted octanol–water partition coefficient (Wildman–Crippen LogP) is 3.75. The number of hydrogen-bond acceptors (Lipinski definition) is 6. The Balaban J connectivity index is 1.65. The van der Waals surface area contributed by atoms with Crippen molar-refractivity contribution in [3.05, 3.63) is 34.2 Å². The molecule has 1 aliphatic heterocycles. The zero-order chi connectivity index (χ0) is 18.3. The van der Waals surface area contributed by atoms with E-state index < -0.39 is 5.82 Å². The van der Waals surface area contributed by atoms with Crippen molar-refractivity contribution >= 4 is 51.9 Å². The number of hydrogen-bond donors (Lipinski definition) is 2. The van der Waals surface area contributed by atoms with Crippen molar-refractivity contribution in [1.82, 2.24) is 19.5 Å². The Bertz CT molecular complexity index is 950. The molecule has 1 saturated heterocycles. The minimum absolute atomic E-state index is 0.101. The molecule has 0 saturated carbocycles. The number of anilines is 3. The van der Waals surface area contributed by atoms with E-state index in [2.05, 4.69) is 25.6 Å². The average Bonchev–Trinajstić information content (AvgIpc) is 3.20. The number of halogens is 3. The monoisotopic (exact) mass is 396 g/mol. The van der Waals surface area contributed by atoms with Crippen LogP contribution in [0.4, 0.5) is 22.0 Å². The molecule has 0 bridgehead atoms. The van der Waals surface area contributed by atoms with Gasteiger partial charge in [0.15, 0.2) is 5.65 Å². The maximum atomic E-state index is 14.2. The summed E-state index contributed by atoms with van der Waals surface area (Å²) < 4.78 is 21.2. The molecular weight excluding hydrogens is 382 g/mol. The highest BCUT2D eigenvalue weighted by molar-refractivity contribution is 6.36. The Kier molecular flexibility index (Phi) is 4.56. The first-order valence-corrected chi connectivity index (χ1v) is 8.72. The number of fused-ring (bicyclic) bond motifs is 1. The third-order valence-corrected chi connectivity index (χ3v) is 4.63. The van der Waals surface area contributed by atoms with Crippen LogP contribution < -0.4 is 10.6 Å². The van der Waals surface area contributed by atoms with E-state index in [1.165, 1.54) is 12.1 Å². The second kappa shape index (κ2) is 6.86. The molecule has 0 aliphatic carbocycles. The van der Waals surface area contributed by atoms with Crippen LogP contribution in [0.15, 0.2) is 18.3 Å². The van der Waals surface area contributed by atoms with E-state index in [0.717, 1.165) is 13.0 Å². The highest BCUT2D eigenvalue weighted by Gasteiger charge is 2.18. The van der Waals surface area contributed by atoms with Crippen molar-refractivity contribution in [2.45, 2.75) is 12.5 Å². The number of nitrogens with one attached hydrogen (secondary N) is 2. The fraction of sp³-hybridized carbons (Fsp3) is 0.312. The lowest BCUT2D eigenvalue weighted by atomic mass is 10.3. The zero-order valence-electron chi connectivity index (χ0n) is 13.8. The van der Waals surface area contributed by atoms with Crippen LogP contribution in [0.25, 0.3) is 11.2 Å². The molecule has 1 atom stereocenters. The molecule has 26 heavy (non-hydrogen) atoms. The van der Waals surface area contributed by atoms with Crippen LogP contribution in [0.2, 0.25) is 10.0 Å². The second-order valence-electron chi connectivity index (χ2n) is 5.97. The molecule has 10 heteroatoms. The number of aryl methyl sites for hydroxylation is 1. The number of imidazole rings is 1. The Hall–Kier alpha value is -2.16. The van der Waals surface area contributed by atoms with E-state index in [1.807, 2.05) is 0 Å². The van der Waals surface area contributed by atoms with Gasteiger partial charge in [-0.1, -0.05) is 23.2 Å². The molecule has 3 aromatic rings. The number of aromatic nitrogens is 4. The van der Waals surface area contributed by atoms with Crippen molar-refractivity contribution in [1.29, 1.82) is 0 Å². The van der Waals surface area contributed by atoms with E-state index in [4.69, 9.17) is 27.9 Å². The fourth-order valence-corrected chi connectivity index (χ4v) is 3.28. The van der Waals surface area contributed by atoms with Gasteiger partial charge < -0.3 is 15.4 Å². The molecule has 4 rings (SSSR count). The van der Waals surface area contributed by atoms with Gasteiger partial charge in [0.2, 0.25) is 11.9 Å². The van der Waals surface area contributed by atoms with Gasteiger partial charge in [-0.05, 0) is 18.6 Å². The molecule has 2 aromatic heterocycles. The van der Waals surface area contributed by atoms with E-state index in [9.17, 15) is 4.39 Å². The van der Waals surface area contributed by atoms with Crippen molar-refractivity contribution < 1.29 is 9.13 Å². The summed E-state index contributed by atoms with van der Waals surface area (Å²) in [6.45, 7) is 1.36. The summed E-state index contributed by atoms with van der Waals surface area (Å²) in [6, 6.07) is 2.84. The molecule has 3 heterocycles. The summed E-state index contributed by atoms with van der Waals surface area (Å²) in [7, 11) is 1.77. The van der Waals surface area contributed by atoms with Gasteiger partial charge in [-0.25, -0.2) is 14.4 Å². The highest BCUT2D eigenvalue weighted by atomic mass is 35.5. The number of benzene rings is 1. The predicted molar refractivity (Wildman–Crippen MR) is 98.9 cm³/mol. The topological polar surface area (TPSA) is 76.9 Å². The molecule has 0 amide bonds. The molecule has 1 fully saturated rings. The van der Waals surface area contributed by atoms with Gasteiger partial charge >= 0.3 is 0 Å². The standard InChI is InChI=1S/C16H15Cl2FN6O/c1-25-14-12(6-20-15(24-14)21-9-2-3-26-7-9)22-16(25)23-13-10(18)4-8(17)5-11(13)19/h4-6,9H,2-3,7H2,1H3,(H,22,23)(H,20,21,24)/t9-/m0/s1. The summed E-state index contributed by atoms with van der Waals surface area (Å²) in [5, 5.41) is 6.52. The SMILES string of the molecule is Cn1c(Nc2c(F)cc(Cl)cc2Cl)nc2cnc(N[C@H]3CCOC3)nc21. The van der Waals surface area contributed by atoms with E-state index in [1.54, 1.807) is 17.8 Å². The Morgan fingerprint density at radius 3 is 2.88 bits per heavy atom. The van der Waals surface area contributed by atoms with Crippen LogP contribution >= 0.6 is 23.2 Å². The molecule has 2 N–H and O–H groups in total. The number of ether oxygens (including phenoxy) is 1. The van der Waals surface area contributed by atoms with E-state index in [-0.39, 0.29) is 21.8 Å².